The molecule has 0 bridgehead atoms. The lowest BCUT2D eigenvalue weighted by Gasteiger charge is -2.33. The van der Waals surface area contributed by atoms with Crippen molar-refractivity contribution in [3.05, 3.63) is 35.0 Å². The Morgan fingerprint density at radius 1 is 1.27 bits per heavy atom. The normalized spacial score (nSPS) is 17.3. The van der Waals surface area contributed by atoms with Gasteiger partial charge in [-0.1, -0.05) is 17.7 Å². The van der Waals surface area contributed by atoms with E-state index >= 15 is 0 Å². The fourth-order valence-corrected chi connectivity index (χ4v) is 3.98. The van der Waals surface area contributed by atoms with Gasteiger partial charge in [0.05, 0.1) is 0 Å². The molecular weight excluding hydrogens is 324 g/mol. The van der Waals surface area contributed by atoms with Crippen LogP contribution in [0.5, 0.6) is 0 Å². The number of amides is 1. The van der Waals surface area contributed by atoms with Gasteiger partial charge in [0, 0.05) is 15.9 Å². The number of benzene rings is 1. The average molecular weight is 339 g/mol. The van der Waals surface area contributed by atoms with Gasteiger partial charge in [-0.25, -0.2) is 4.79 Å². The van der Waals surface area contributed by atoms with Crippen molar-refractivity contribution in [1.82, 2.24) is 10.3 Å². The number of thioether (sulfide) groups is 1. The first kappa shape index (κ1) is 15.2. The standard InChI is InChI=1S/C15H15ClN2O3S/c16-10-2-1-9-7-12(17-11(9)8-10)13(19)18-15(14(20)21)3-5-22-6-4-15/h1-2,7-8,17H,3-6H2,(H,18,19)(H,20,21). The number of aliphatic carboxylic acids is 1. The summed E-state index contributed by atoms with van der Waals surface area (Å²) >= 11 is 7.63. The molecule has 1 aromatic carbocycles. The summed E-state index contributed by atoms with van der Waals surface area (Å²) in [7, 11) is 0. The highest BCUT2D eigenvalue weighted by Gasteiger charge is 2.41. The van der Waals surface area contributed by atoms with Crippen LogP contribution in [0.1, 0.15) is 23.3 Å². The van der Waals surface area contributed by atoms with Crippen molar-refractivity contribution < 1.29 is 14.7 Å². The highest BCUT2D eigenvalue weighted by molar-refractivity contribution is 7.99. The van der Waals surface area contributed by atoms with E-state index < -0.39 is 17.4 Å². The predicted octanol–water partition coefficient (Wildman–Crippen LogP) is 2.90. The number of aromatic amines is 1. The zero-order chi connectivity index (χ0) is 15.7. The third-order valence-corrected chi connectivity index (χ3v) is 5.16. The fourth-order valence-electron chi connectivity index (χ4n) is 2.62. The maximum atomic E-state index is 12.4. The van der Waals surface area contributed by atoms with Crippen LogP contribution in [-0.4, -0.2) is 39.0 Å². The van der Waals surface area contributed by atoms with Crippen LogP contribution >= 0.6 is 23.4 Å². The molecule has 0 atom stereocenters. The van der Waals surface area contributed by atoms with E-state index in [1.165, 1.54) is 0 Å². The molecule has 1 aliphatic heterocycles. The lowest BCUT2D eigenvalue weighted by atomic mass is 9.92. The van der Waals surface area contributed by atoms with Crippen molar-refractivity contribution >= 4 is 46.1 Å². The summed E-state index contributed by atoms with van der Waals surface area (Å²) in [6.07, 6.45) is 0.871. The van der Waals surface area contributed by atoms with E-state index in [9.17, 15) is 14.7 Å². The van der Waals surface area contributed by atoms with Crippen LogP contribution < -0.4 is 5.32 Å². The lowest BCUT2D eigenvalue weighted by Crippen LogP contribution is -2.56. The Balaban J connectivity index is 1.86. The van der Waals surface area contributed by atoms with Crippen LogP contribution in [0.3, 0.4) is 0 Å². The van der Waals surface area contributed by atoms with Crippen LogP contribution in [0.15, 0.2) is 24.3 Å². The number of carbonyl (C=O) groups is 2. The second-order valence-electron chi connectivity index (χ2n) is 5.37. The van der Waals surface area contributed by atoms with Crippen LogP contribution in [0.25, 0.3) is 10.9 Å². The smallest absolute Gasteiger partial charge is 0.329 e. The minimum absolute atomic E-state index is 0.344. The lowest BCUT2D eigenvalue weighted by molar-refractivity contribution is -0.144. The Morgan fingerprint density at radius 3 is 2.68 bits per heavy atom. The number of aromatic nitrogens is 1. The minimum Gasteiger partial charge on any atom is -0.480 e. The molecular formula is C15H15ClN2O3S. The third kappa shape index (κ3) is 2.80. The number of rotatable bonds is 3. The van der Waals surface area contributed by atoms with E-state index in [1.54, 1.807) is 30.0 Å². The number of carboxylic acids is 1. The number of carbonyl (C=O) groups excluding carboxylic acids is 1. The summed E-state index contributed by atoms with van der Waals surface area (Å²) in [6, 6.07) is 7.00. The number of H-pyrrole nitrogens is 1. The Kier molecular flexibility index (Phi) is 4.06. The molecule has 3 N–H and O–H groups in total. The molecule has 1 aliphatic rings. The summed E-state index contributed by atoms with van der Waals surface area (Å²) in [4.78, 5) is 27.0. The van der Waals surface area contributed by atoms with Gasteiger partial charge in [0.15, 0.2) is 0 Å². The molecule has 0 radical (unpaired) electrons. The van der Waals surface area contributed by atoms with Crippen LogP contribution in [-0.2, 0) is 4.79 Å². The molecule has 7 heteroatoms. The summed E-state index contributed by atoms with van der Waals surface area (Å²) in [6.45, 7) is 0. The Morgan fingerprint density at radius 2 is 2.00 bits per heavy atom. The summed E-state index contributed by atoms with van der Waals surface area (Å²) < 4.78 is 0. The molecule has 0 saturated carbocycles. The topological polar surface area (TPSA) is 82.2 Å². The van der Waals surface area contributed by atoms with Gasteiger partial charge in [-0.15, -0.1) is 0 Å². The van der Waals surface area contributed by atoms with Gasteiger partial charge in [-0.2, -0.15) is 11.8 Å². The zero-order valence-electron chi connectivity index (χ0n) is 11.7. The monoisotopic (exact) mass is 338 g/mol. The van der Waals surface area contributed by atoms with Crippen LogP contribution in [0.2, 0.25) is 5.02 Å². The van der Waals surface area contributed by atoms with Gasteiger partial charge in [-0.05, 0) is 42.5 Å². The summed E-state index contributed by atoms with van der Waals surface area (Å²) in [5, 5.41) is 13.7. The number of hydrogen-bond acceptors (Lipinski definition) is 3. The Bertz CT molecular complexity index is 737. The van der Waals surface area contributed by atoms with E-state index in [2.05, 4.69) is 10.3 Å². The molecule has 5 nitrogen and oxygen atoms in total. The van der Waals surface area contributed by atoms with Crippen molar-refractivity contribution in [2.24, 2.45) is 0 Å². The van der Waals surface area contributed by atoms with Crippen molar-refractivity contribution in [3.8, 4) is 0 Å². The molecule has 2 aromatic rings. The summed E-state index contributed by atoms with van der Waals surface area (Å²) in [5.41, 5.74) is -0.0746. The van der Waals surface area contributed by atoms with Crippen molar-refractivity contribution in [1.29, 1.82) is 0 Å². The Hall–Kier alpha value is -1.66. The number of carboxylic acid groups (broad SMARTS) is 1. The molecule has 1 amide bonds. The van der Waals surface area contributed by atoms with Gasteiger partial charge in [0.25, 0.3) is 5.91 Å². The average Bonchev–Trinajstić information content (AvgIpc) is 2.91. The van der Waals surface area contributed by atoms with Crippen molar-refractivity contribution in [3.63, 3.8) is 0 Å². The van der Waals surface area contributed by atoms with Crippen molar-refractivity contribution in [2.75, 3.05) is 11.5 Å². The van der Waals surface area contributed by atoms with E-state index in [-0.39, 0.29) is 0 Å². The second-order valence-corrected chi connectivity index (χ2v) is 7.03. The zero-order valence-corrected chi connectivity index (χ0v) is 13.3. The van der Waals surface area contributed by atoms with Gasteiger partial charge < -0.3 is 15.4 Å². The summed E-state index contributed by atoms with van der Waals surface area (Å²) in [5.74, 6) is 0.0889. The quantitative estimate of drug-likeness (QED) is 0.803. The maximum absolute atomic E-state index is 12.4. The molecule has 1 aromatic heterocycles. The first-order valence-electron chi connectivity index (χ1n) is 6.92. The molecule has 0 spiro atoms. The first-order chi connectivity index (χ1) is 10.5. The predicted molar refractivity (Wildman–Crippen MR) is 87.7 cm³/mol. The SMILES string of the molecule is O=C(NC1(C(=O)O)CCSCC1)c1cc2ccc(Cl)cc2[nH]1. The molecule has 1 fully saturated rings. The Labute approximate surface area is 136 Å². The maximum Gasteiger partial charge on any atom is 0.329 e. The highest BCUT2D eigenvalue weighted by Crippen LogP contribution is 2.28. The minimum atomic E-state index is -1.17. The van der Waals surface area contributed by atoms with Gasteiger partial charge in [0.1, 0.15) is 11.2 Å². The molecule has 0 aliphatic carbocycles. The van der Waals surface area contributed by atoms with E-state index in [0.29, 0.717) is 23.6 Å². The van der Waals surface area contributed by atoms with Crippen molar-refractivity contribution in [2.45, 2.75) is 18.4 Å². The molecule has 2 heterocycles. The number of fused-ring (bicyclic) bond motifs is 1. The highest BCUT2D eigenvalue weighted by atomic mass is 35.5. The van der Waals surface area contributed by atoms with Gasteiger partial charge >= 0.3 is 5.97 Å². The van der Waals surface area contributed by atoms with Gasteiger partial charge in [0.2, 0.25) is 0 Å². The van der Waals surface area contributed by atoms with E-state index in [0.717, 1.165) is 22.4 Å². The fraction of sp³-hybridized carbons (Fsp3) is 0.333. The number of nitrogens with one attached hydrogen (secondary N) is 2. The molecule has 3 rings (SSSR count). The largest absolute Gasteiger partial charge is 0.480 e. The molecule has 0 unspecified atom stereocenters. The third-order valence-electron chi connectivity index (χ3n) is 3.94. The molecule has 22 heavy (non-hydrogen) atoms. The van der Waals surface area contributed by atoms with E-state index in [1.807, 2.05) is 6.07 Å². The number of hydrogen-bond donors (Lipinski definition) is 3. The van der Waals surface area contributed by atoms with Crippen LogP contribution in [0.4, 0.5) is 0 Å². The van der Waals surface area contributed by atoms with Gasteiger partial charge in [-0.3, -0.25) is 4.79 Å². The molecule has 116 valence electrons. The first-order valence-corrected chi connectivity index (χ1v) is 8.45. The van der Waals surface area contributed by atoms with Crippen LogP contribution in [0, 0.1) is 0 Å². The van der Waals surface area contributed by atoms with E-state index in [4.69, 9.17) is 11.6 Å². The molecule has 1 saturated heterocycles. The number of halogens is 1. The second kappa shape index (κ2) is 5.85.